The molecule has 1 aromatic carbocycles. The van der Waals surface area contributed by atoms with Crippen LogP contribution in [0.25, 0.3) is 0 Å². The lowest BCUT2D eigenvalue weighted by molar-refractivity contribution is 0.552. The first-order valence-corrected chi connectivity index (χ1v) is 7.91. The number of rotatable bonds is 3. The normalized spacial score (nSPS) is 22.4. The van der Waals surface area contributed by atoms with Crippen LogP contribution in [-0.2, 0) is 10.0 Å². The second kappa shape index (κ2) is 5.61. The highest BCUT2D eigenvalue weighted by molar-refractivity contribution is 7.89. The standard InChI is InChI=1S/C13H19N3O2S/c1-10-4-2-3-5-13(10)15-16-19(17,18)12-8-6-11(14)7-9-12/h6-10,16H,2-5,14H2,1H3/b15-13+/t10-/m0/s1. The fourth-order valence-electron chi connectivity index (χ4n) is 2.15. The summed E-state index contributed by atoms with van der Waals surface area (Å²) in [5, 5.41) is 4.08. The van der Waals surface area contributed by atoms with Gasteiger partial charge in [0.25, 0.3) is 10.0 Å². The molecule has 6 heteroatoms. The molecule has 0 amide bonds. The van der Waals surface area contributed by atoms with Gasteiger partial charge in [-0.3, -0.25) is 0 Å². The van der Waals surface area contributed by atoms with Crippen LogP contribution in [0.2, 0.25) is 0 Å². The van der Waals surface area contributed by atoms with Crippen molar-refractivity contribution in [3.63, 3.8) is 0 Å². The molecule has 0 aromatic heterocycles. The van der Waals surface area contributed by atoms with Crippen molar-refractivity contribution < 1.29 is 8.42 Å². The SMILES string of the molecule is C[C@H]1CCCC/C1=N\NS(=O)(=O)c1ccc(N)cc1. The second-order valence-electron chi connectivity index (χ2n) is 4.91. The molecule has 1 saturated carbocycles. The summed E-state index contributed by atoms with van der Waals surface area (Å²) in [5.41, 5.74) is 7.01. The van der Waals surface area contributed by atoms with Gasteiger partial charge in [0.05, 0.1) is 4.90 Å². The zero-order chi connectivity index (χ0) is 13.9. The molecule has 0 heterocycles. The maximum Gasteiger partial charge on any atom is 0.276 e. The number of nitrogens with two attached hydrogens (primary N) is 1. The van der Waals surface area contributed by atoms with Crippen molar-refractivity contribution in [3.8, 4) is 0 Å². The van der Waals surface area contributed by atoms with Gasteiger partial charge in [-0.05, 0) is 49.4 Å². The Balaban J connectivity index is 2.13. The number of nitrogen functional groups attached to an aromatic ring is 1. The average Bonchev–Trinajstić information content (AvgIpc) is 2.38. The highest BCUT2D eigenvalue weighted by atomic mass is 32.2. The van der Waals surface area contributed by atoms with Gasteiger partial charge in [0, 0.05) is 11.4 Å². The molecule has 1 aliphatic carbocycles. The van der Waals surface area contributed by atoms with Crippen LogP contribution in [-0.4, -0.2) is 14.1 Å². The summed E-state index contributed by atoms with van der Waals surface area (Å²) in [7, 11) is -3.59. The molecular formula is C13H19N3O2S. The van der Waals surface area contributed by atoms with Gasteiger partial charge in [0.15, 0.2) is 0 Å². The molecule has 0 unspecified atom stereocenters. The minimum absolute atomic E-state index is 0.175. The van der Waals surface area contributed by atoms with Crippen molar-refractivity contribution >= 4 is 21.4 Å². The Morgan fingerprint density at radius 2 is 1.95 bits per heavy atom. The summed E-state index contributed by atoms with van der Waals surface area (Å²) in [4.78, 5) is 2.49. The number of sulfonamides is 1. The van der Waals surface area contributed by atoms with Gasteiger partial charge < -0.3 is 5.73 Å². The molecule has 104 valence electrons. The molecule has 2 rings (SSSR count). The quantitative estimate of drug-likeness (QED) is 0.657. The largest absolute Gasteiger partial charge is 0.399 e. The van der Waals surface area contributed by atoms with Crippen LogP contribution in [0.15, 0.2) is 34.3 Å². The smallest absolute Gasteiger partial charge is 0.276 e. The fourth-order valence-corrected chi connectivity index (χ4v) is 2.99. The van der Waals surface area contributed by atoms with Crippen LogP contribution < -0.4 is 10.6 Å². The molecular weight excluding hydrogens is 262 g/mol. The Bertz CT molecular complexity index is 564. The monoisotopic (exact) mass is 281 g/mol. The Labute approximate surface area is 113 Å². The lowest BCUT2D eigenvalue weighted by atomic mass is 9.89. The predicted octanol–water partition coefficient (Wildman–Crippen LogP) is 2.11. The fraction of sp³-hybridized carbons (Fsp3) is 0.462. The van der Waals surface area contributed by atoms with Crippen LogP contribution in [0.1, 0.15) is 32.6 Å². The minimum Gasteiger partial charge on any atom is -0.399 e. The van der Waals surface area contributed by atoms with Gasteiger partial charge in [-0.2, -0.15) is 13.5 Å². The van der Waals surface area contributed by atoms with Crippen molar-refractivity contribution in [1.82, 2.24) is 4.83 Å². The highest BCUT2D eigenvalue weighted by Crippen LogP contribution is 2.21. The van der Waals surface area contributed by atoms with Crippen LogP contribution in [0, 0.1) is 5.92 Å². The van der Waals surface area contributed by atoms with E-state index in [0.29, 0.717) is 11.6 Å². The summed E-state index contributed by atoms with van der Waals surface area (Å²) >= 11 is 0. The maximum absolute atomic E-state index is 12.0. The average molecular weight is 281 g/mol. The van der Waals surface area contributed by atoms with E-state index in [1.165, 1.54) is 18.6 Å². The van der Waals surface area contributed by atoms with E-state index in [1.807, 2.05) is 0 Å². The number of anilines is 1. The Kier molecular flexibility index (Phi) is 4.09. The summed E-state index contributed by atoms with van der Waals surface area (Å²) in [5.74, 6) is 0.350. The minimum atomic E-state index is -3.59. The first-order valence-electron chi connectivity index (χ1n) is 6.43. The molecule has 1 fully saturated rings. The summed E-state index contributed by atoms with van der Waals surface area (Å²) in [6.07, 6.45) is 4.20. The Morgan fingerprint density at radius 1 is 1.26 bits per heavy atom. The summed E-state index contributed by atoms with van der Waals surface area (Å²) < 4.78 is 24.1. The van der Waals surface area contributed by atoms with Crippen LogP contribution in [0.3, 0.4) is 0 Å². The van der Waals surface area contributed by atoms with Gasteiger partial charge in [-0.1, -0.05) is 13.3 Å². The maximum atomic E-state index is 12.0. The van der Waals surface area contributed by atoms with Crippen LogP contribution >= 0.6 is 0 Å². The predicted molar refractivity (Wildman–Crippen MR) is 76.2 cm³/mol. The Morgan fingerprint density at radius 3 is 2.58 bits per heavy atom. The van der Waals surface area contributed by atoms with E-state index in [0.717, 1.165) is 25.0 Å². The van der Waals surface area contributed by atoms with Crippen molar-refractivity contribution in [2.75, 3.05) is 5.73 Å². The molecule has 0 aliphatic heterocycles. The third-order valence-corrected chi connectivity index (χ3v) is 4.61. The summed E-state index contributed by atoms with van der Waals surface area (Å²) in [6.45, 7) is 2.08. The second-order valence-corrected chi connectivity index (χ2v) is 6.57. The van der Waals surface area contributed by atoms with Crippen molar-refractivity contribution in [1.29, 1.82) is 0 Å². The van der Waals surface area contributed by atoms with Gasteiger partial charge in [0.1, 0.15) is 0 Å². The number of hydrogen-bond acceptors (Lipinski definition) is 4. The van der Waals surface area contributed by atoms with Gasteiger partial charge >= 0.3 is 0 Å². The van der Waals surface area contributed by atoms with E-state index in [2.05, 4.69) is 16.9 Å². The van der Waals surface area contributed by atoms with Gasteiger partial charge in [-0.25, -0.2) is 4.83 Å². The number of nitrogens with zero attached hydrogens (tertiary/aromatic N) is 1. The van der Waals surface area contributed by atoms with Gasteiger partial charge in [-0.15, -0.1) is 0 Å². The molecule has 0 saturated heterocycles. The number of nitrogens with one attached hydrogen (secondary N) is 1. The van der Waals surface area contributed by atoms with Crippen molar-refractivity contribution in [2.24, 2.45) is 11.0 Å². The van der Waals surface area contributed by atoms with Gasteiger partial charge in [0.2, 0.25) is 0 Å². The third kappa shape index (κ3) is 3.47. The Hall–Kier alpha value is -1.56. The zero-order valence-corrected chi connectivity index (χ0v) is 11.8. The molecule has 0 spiro atoms. The first-order chi connectivity index (χ1) is 8.99. The lowest BCUT2D eigenvalue weighted by Crippen LogP contribution is -2.24. The van der Waals surface area contributed by atoms with Crippen LogP contribution in [0.4, 0.5) is 5.69 Å². The van der Waals surface area contributed by atoms with E-state index in [4.69, 9.17) is 5.73 Å². The van der Waals surface area contributed by atoms with E-state index >= 15 is 0 Å². The molecule has 19 heavy (non-hydrogen) atoms. The molecule has 1 aliphatic rings. The number of hydrogen-bond donors (Lipinski definition) is 2. The summed E-state index contributed by atoms with van der Waals surface area (Å²) in [6, 6.07) is 6.07. The molecule has 3 N–H and O–H groups in total. The number of benzene rings is 1. The van der Waals surface area contributed by atoms with Crippen LogP contribution in [0.5, 0.6) is 0 Å². The van der Waals surface area contributed by atoms with Crippen molar-refractivity contribution in [3.05, 3.63) is 24.3 Å². The first kappa shape index (κ1) is 13.9. The zero-order valence-electron chi connectivity index (χ0n) is 11.0. The lowest BCUT2D eigenvalue weighted by Gasteiger charge is -2.19. The highest BCUT2D eigenvalue weighted by Gasteiger charge is 2.18. The molecule has 5 nitrogen and oxygen atoms in total. The van der Waals surface area contributed by atoms with E-state index in [1.54, 1.807) is 12.1 Å². The topological polar surface area (TPSA) is 84.5 Å². The molecule has 0 radical (unpaired) electrons. The van der Waals surface area contributed by atoms with E-state index in [9.17, 15) is 8.42 Å². The van der Waals surface area contributed by atoms with Crippen molar-refractivity contribution in [2.45, 2.75) is 37.5 Å². The molecule has 1 aromatic rings. The third-order valence-electron chi connectivity index (χ3n) is 3.39. The number of hydrazone groups is 1. The van der Waals surface area contributed by atoms with E-state index in [-0.39, 0.29) is 4.90 Å². The van der Waals surface area contributed by atoms with E-state index < -0.39 is 10.0 Å². The molecule has 1 atom stereocenters. The molecule has 0 bridgehead atoms.